The highest BCUT2D eigenvalue weighted by atomic mass is 35.5. The third-order valence-corrected chi connectivity index (χ3v) is 4.55. The molecule has 0 spiro atoms. The first kappa shape index (κ1) is 17.9. The molecule has 0 saturated heterocycles. The Balaban J connectivity index is 1.84. The van der Waals surface area contributed by atoms with E-state index in [0.717, 1.165) is 35.9 Å². The fourth-order valence-electron chi connectivity index (χ4n) is 2.79. The van der Waals surface area contributed by atoms with Gasteiger partial charge in [0.05, 0.1) is 16.8 Å². The molecule has 3 rings (SSSR count). The zero-order chi connectivity index (χ0) is 18.5. The lowest BCUT2D eigenvalue weighted by Gasteiger charge is -2.05. The second-order valence-electron chi connectivity index (χ2n) is 5.90. The number of halogens is 1. The second kappa shape index (κ2) is 8.01. The number of hydrogen-bond donors (Lipinski definition) is 1. The van der Waals surface area contributed by atoms with Gasteiger partial charge in [-0.1, -0.05) is 43.1 Å². The van der Waals surface area contributed by atoms with E-state index in [1.165, 1.54) is 12.1 Å². The van der Waals surface area contributed by atoms with Crippen molar-refractivity contribution < 1.29 is 4.92 Å². The number of hydrogen-bond acceptors (Lipinski definition) is 4. The molecule has 0 aliphatic carbocycles. The van der Waals surface area contributed by atoms with Crippen molar-refractivity contribution in [1.29, 1.82) is 0 Å². The first-order valence-corrected chi connectivity index (χ1v) is 8.80. The summed E-state index contributed by atoms with van der Waals surface area (Å²) in [6.07, 6.45) is 3.83. The minimum absolute atomic E-state index is 0.0431. The molecule has 1 heterocycles. The van der Waals surface area contributed by atoms with Crippen LogP contribution in [0.25, 0.3) is 10.9 Å². The van der Waals surface area contributed by atoms with Gasteiger partial charge in [-0.2, -0.15) is 5.10 Å². The first-order valence-electron chi connectivity index (χ1n) is 8.42. The molecule has 0 atom stereocenters. The van der Waals surface area contributed by atoms with E-state index in [4.69, 9.17) is 11.6 Å². The van der Waals surface area contributed by atoms with Crippen LogP contribution in [0.2, 0.25) is 5.15 Å². The molecule has 0 radical (unpaired) electrons. The van der Waals surface area contributed by atoms with Crippen LogP contribution in [-0.2, 0) is 6.54 Å². The molecule has 134 valence electrons. The van der Waals surface area contributed by atoms with E-state index in [-0.39, 0.29) is 5.69 Å². The Hall–Kier alpha value is -2.86. The van der Waals surface area contributed by atoms with Crippen LogP contribution in [0.5, 0.6) is 0 Å². The summed E-state index contributed by atoms with van der Waals surface area (Å²) in [7, 11) is 0. The molecule has 0 saturated carbocycles. The molecule has 26 heavy (non-hydrogen) atoms. The largest absolute Gasteiger partial charge is 0.331 e. The van der Waals surface area contributed by atoms with Crippen molar-refractivity contribution in [1.82, 2.24) is 4.57 Å². The monoisotopic (exact) mass is 370 g/mol. The van der Waals surface area contributed by atoms with Crippen molar-refractivity contribution in [3.63, 3.8) is 0 Å². The number of aromatic nitrogens is 1. The molecule has 0 aliphatic rings. The summed E-state index contributed by atoms with van der Waals surface area (Å²) in [4.78, 5) is 10.3. The highest BCUT2D eigenvalue weighted by Crippen LogP contribution is 2.29. The molecule has 1 aromatic heterocycles. The molecule has 0 fully saturated rings. The number of unbranched alkanes of at least 4 members (excludes halogenated alkanes) is 1. The molecule has 3 aromatic rings. The van der Waals surface area contributed by atoms with Crippen molar-refractivity contribution in [3.8, 4) is 0 Å². The maximum absolute atomic E-state index is 10.7. The summed E-state index contributed by atoms with van der Waals surface area (Å²) in [5.74, 6) is 0. The van der Waals surface area contributed by atoms with Gasteiger partial charge in [-0.15, -0.1) is 0 Å². The van der Waals surface area contributed by atoms with Crippen LogP contribution in [0.3, 0.4) is 0 Å². The van der Waals surface area contributed by atoms with E-state index in [1.54, 1.807) is 18.3 Å². The molecule has 0 bridgehead atoms. The van der Waals surface area contributed by atoms with E-state index in [9.17, 15) is 10.1 Å². The lowest BCUT2D eigenvalue weighted by atomic mass is 10.2. The second-order valence-corrected chi connectivity index (χ2v) is 6.26. The highest BCUT2D eigenvalue weighted by Gasteiger charge is 2.13. The number of aryl methyl sites for hydroxylation is 1. The van der Waals surface area contributed by atoms with Gasteiger partial charge in [-0.05, 0) is 24.6 Å². The zero-order valence-electron chi connectivity index (χ0n) is 14.4. The predicted molar refractivity (Wildman–Crippen MR) is 106 cm³/mol. The van der Waals surface area contributed by atoms with Crippen molar-refractivity contribution in [3.05, 3.63) is 69.4 Å². The fourth-order valence-corrected chi connectivity index (χ4v) is 3.11. The summed E-state index contributed by atoms with van der Waals surface area (Å²) in [6, 6.07) is 14.1. The SMILES string of the molecule is CCCCn1c(Cl)c(/C=N\Nc2ccc([N+](=O)[O-])cc2)c2ccccc21. The highest BCUT2D eigenvalue weighted by molar-refractivity contribution is 6.34. The molecule has 0 aliphatic heterocycles. The number of nitro groups is 1. The maximum atomic E-state index is 10.7. The lowest BCUT2D eigenvalue weighted by Crippen LogP contribution is -1.97. The van der Waals surface area contributed by atoms with Gasteiger partial charge in [-0.25, -0.2) is 0 Å². The number of non-ortho nitro benzene ring substituents is 1. The van der Waals surface area contributed by atoms with Crippen LogP contribution in [0.1, 0.15) is 25.3 Å². The summed E-state index contributed by atoms with van der Waals surface area (Å²) in [5, 5.41) is 16.6. The van der Waals surface area contributed by atoms with Gasteiger partial charge in [0.15, 0.2) is 0 Å². The molecule has 0 amide bonds. The smallest absolute Gasteiger partial charge is 0.269 e. The van der Waals surface area contributed by atoms with Crippen LogP contribution in [-0.4, -0.2) is 15.7 Å². The number of rotatable bonds is 7. The average Bonchev–Trinajstić information content (AvgIpc) is 2.92. The number of benzene rings is 2. The number of hydrazone groups is 1. The third-order valence-electron chi connectivity index (χ3n) is 4.14. The normalized spacial score (nSPS) is 11.3. The summed E-state index contributed by atoms with van der Waals surface area (Å²) in [5.41, 5.74) is 5.53. The topological polar surface area (TPSA) is 72.5 Å². The number of anilines is 1. The van der Waals surface area contributed by atoms with Gasteiger partial charge < -0.3 is 4.57 Å². The Morgan fingerprint density at radius 3 is 2.65 bits per heavy atom. The zero-order valence-corrected chi connectivity index (χ0v) is 15.1. The Morgan fingerprint density at radius 2 is 1.96 bits per heavy atom. The van der Waals surface area contributed by atoms with E-state index in [2.05, 4.69) is 28.1 Å². The number of nitro benzene ring substituents is 1. The quantitative estimate of drug-likeness (QED) is 0.341. The van der Waals surface area contributed by atoms with Crippen LogP contribution in [0.15, 0.2) is 53.6 Å². The van der Waals surface area contributed by atoms with Gasteiger partial charge in [0.25, 0.3) is 5.69 Å². The Kier molecular flexibility index (Phi) is 5.53. The number of nitrogens with zero attached hydrogens (tertiary/aromatic N) is 3. The van der Waals surface area contributed by atoms with Gasteiger partial charge in [-0.3, -0.25) is 15.5 Å². The van der Waals surface area contributed by atoms with Crippen molar-refractivity contribution in [2.75, 3.05) is 5.43 Å². The Morgan fingerprint density at radius 1 is 1.23 bits per heavy atom. The molecule has 0 unspecified atom stereocenters. The average molecular weight is 371 g/mol. The minimum Gasteiger partial charge on any atom is -0.331 e. The van der Waals surface area contributed by atoms with Gasteiger partial charge >= 0.3 is 0 Å². The summed E-state index contributed by atoms with van der Waals surface area (Å²) in [6.45, 7) is 3.01. The lowest BCUT2D eigenvalue weighted by molar-refractivity contribution is -0.384. The third kappa shape index (κ3) is 3.70. The standard InChI is InChI=1S/C19H19ClN4O2/c1-2-3-12-23-18-7-5-4-6-16(18)17(19(23)20)13-21-22-14-8-10-15(11-9-14)24(25)26/h4-11,13,22H,2-3,12H2,1H3/b21-13-. The van der Waals surface area contributed by atoms with Crippen molar-refractivity contribution in [2.45, 2.75) is 26.3 Å². The molecule has 6 nitrogen and oxygen atoms in total. The number of para-hydroxylation sites is 1. The fraction of sp³-hybridized carbons (Fsp3) is 0.211. The molecule has 7 heteroatoms. The van der Waals surface area contributed by atoms with Gasteiger partial charge in [0.2, 0.25) is 0 Å². The van der Waals surface area contributed by atoms with Crippen LogP contribution >= 0.6 is 11.6 Å². The van der Waals surface area contributed by atoms with E-state index in [1.807, 2.05) is 18.2 Å². The van der Waals surface area contributed by atoms with Gasteiger partial charge in [0.1, 0.15) is 5.15 Å². The molecule has 2 aromatic carbocycles. The first-order chi connectivity index (χ1) is 12.6. The van der Waals surface area contributed by atoms with E-state index < -0.39 is 4.92 Å². The molecular weight excluding hydrogens is 352 g/mol. The Labute approximate surface area is 156 Å². The van der Waals surface area contributed by atoms with Crippen LogP contribution in [0, 0.1) is 10.1 Å². The van der Waals surface area contributed by atoms with E-state index in [0.29, 0.717) is 10.8 Å². The van der Waals surface area contributed by atoms with Crippen LogP contribution < -0.4 is 5.43 Å². The summed E-state index contributed by atoms with van der Waals surface area (Å²) < 4.78 is 2.10. The van der Waals surface area contributed by atoms with E-state index >= 15 is 0 Å². The van der Waals surface area contributed by atoms with Crippen LogP contribution in [0.4, 0.5) is 11.4 Å². The maximum Gasteiger partial charge on any atom is 0.269 e. The molecule has 1 N–H and O–H groups in total. The molecular formula is C19H19ClN4O2. The summed E-state index contributed by atoms with van der Waals surface area (Å²) >= 11 is 6.59. The number of fused-ring (bicyclic) bond motifs is 1. The van der Waals surface area contributed by atoms with Gasteiger partial charge in [0, 0.05) is 35.1 Å². The van der Waals surface area contributed by atoms with Crippen molar-refractivity contribution in [2.24, 2.45) is 5.10 Å². The predicted octanol–water partition coefficient (Wildman–Crippen LogP) is 5.45. The van der Waals surface area contributed by atoms with Crippen molar-refractivity contribution >= 4 is 40.1 Å². The number of nitrogens with one attached hydrogen (secondary N) is 1. The minimum atomic E-state index is -0.433. The Bertz CT molecular complexity index is 948.